The van der Waals surface area contributed by atoms with E-state index in [1.807, 2.05) is 37.3 Å². The maximum atomic E-state index is 13.1. The Hall–Kier alpha value is -2.82. The highest BCUT2D eigenvalue weighted by Gasteiger charge is 2.49. The van der Waals surface area contributed by atoms with E-state index in [-0.39, 0.29) is 5.91 Å². The van der Waals surface area contributed by atoms with E-state index >= 15 is 0 Å². The number of carbonyl (C=O) groups is 2. The van der Waals surface area contributed by atoms with Gasteiger partial charge < -0.3 is 10.1 Å². The number of methoxy groups -OCH3 is 1. The first-order valence-corrected chi connectivity index (χ1v) is 7.35. The lowest BCUT2D eigenvalue weighted by molar-refractivity contribution is -0.145. The number of para-hydroxylation sites is 2. The van der Waals surface area contributed by atoms with Gasteiger partial charge in [0.15, 0.2) is 0 Å². The molecule has 1 aliphatic heterocycles. The zero-order chi connectivity index (χ0) is 16.6. The third-order valence-corrected chi connectivity index (χ3v) is 4.13. The van der Waals surface area contributed by atoms with E-state index in [0.717, 1.165) is 5.56 Å². The topological polar surface area (TPSA) is 58.6 Å². The summed E-state index contributed by atoms with van der Waals surface area (Å²) in [4.78, 5) is 27.0. The molecule has 0 saturated heterocycles. The van der Waals surface area contributed by atoms with Gasteiger partial charge in [-0.15, -0.1) is 0 Å². The summed E-state index contributed by atoms with van der Waals surface area (Å²) in [6.45, 7) is 3.56. The van der Waals surface area contributed by atoms with E-state index in [2.05, 4.69) is 5.32 Å². The van der Waals surface area contributed by atoms with Crippen LogP contribution in [0.3, 0.4) is 0 Å². The number of fused-ring (bicyclic) bond motifs is 1. The Kier molecular flexibility index (Phi) is 3.56. The van der Waals surface area contributed by atoms with Crippen LogP contribution >= 0.6 is 0 Å². The van der Waals surface area contributed by atoms with E-state index in [0.29, 0.717) is 16.9 Å². The van der Waals surface area contributed by atoms with Gasteiger partial charge in [0.1, 0.15) is 0 Å². The highest BCUT2D eigenvalue weighted by atomic mass is 16.5. The molecule has 5 heteroatoms. The van der Waals surface area contributed by atoms with Gasteiger partial charge in [-0.05, 0) is 37.6 Å². The Morgan fingerprint density at radius 3 is 2.48 bits per heavy atom. The van der Waals surface area contributed by atoms with Crippen LogP contribution in [0.25, 0.3) is 0 Å². The number of hydrogen-bond acceptors (Lipinski definition) is 4. The van der Waals surface area contributed by atoms with Crippen LogP contribution in [0.5, 0.6) is 0 Å². The minimum absolute atomic E-state index is 0.235. The lowest BCUT2D eigenvalue weighted by Gasteiger charge is -2.44. The van der Waals surface area contributed by atoms with Crippen LogP contribution in [0.4, 0.5) is 11.4 Å². The summed E-state index contributed by atoms with van der Waals surface area (Å²) in [5.41, 5.74) is 1.41. The van der Waals surface area contributed by atoms with Crippen molar-refractivity contribution in [3.63, 3.8) is 0 Å². The minimum Gasteiger partial charge on any atom is -0.466 e. The highest BCUT2D eigenvalue weighted by molar-refractivity contribution is 6.17. The standard InChI is InChI=1S/C18H18N2O3/c1-12-8-4-7-11-15(12)20-16(21)13-9-5-6-10-14(13)19-18(20,2)17(22)23-3/h4-11,19H,1-3H3/t18-/m1/s1. The maximum Gasteiger partial charge on any atom is 0.352 e. The van der Waals surface area contributed by atoms with Gasteiger partial charge in [0.25, 0.3) is 5.91 Å². The number of benzene rings is 2. The average molecular weight is 310 g/mol. The third kappa shape index (κ3) is 2.25. The molecule has 0 aliphatic carbocycles. The van der Waals surface area contributed by atoms with Crippen molar-refractivity contribution >= 4 is 23.3 Å². The van der Waals surface area contributed by atoms with Crippen molar-refractivity contribution in [2.24, 2.45) is 0 Å². The van der Waals surface area contributed by atoms with Crippen molar-refractivity contribution in [3.05, 3.63) is 59.7 Å². The zero-order valence-corrected chi connectivity index (χ0v) is 13.3. The van der Waals surface area contributed by atoms with Gasteiger partial charge in [-0.3, -0.25) is 9.69 Å². The molecule has 23 heavy (non-hydrogen) atoms. The van der Waals surface area contributed by atoms with E-state index in [9.17, 15) is 9.59 Å². The van der Waals surface area contributed by atoms with E-state index in [1.54, 1.807) is 25.1 Å². The molecule has 0 aromatic heterocycles. The largest absolute Gasteiger partial charge is 0.466 e. The number of anilines is 2. The van der Waals surface area contributed by atoms with Crippen molar-refractivity contribution in [1.82, 2.24) is 0 Å². The van der Waals surface area contributed by atoms with Crippen molar-refractivity contribution in [2.45, 2.75) is 19.5 Å². The molecule has 1 heterocycles. The van der Waals surface area contributed by atoms with Crippen molar-refractivity contribution in [2.75, 3.05) is 17.3 Å². The van der Waals surface area contributed by atoms with Gasteiger partial charge in [0.2, 0.25) is 5.66 Å². The second-order valence-electron chi connectivity index (χ2n) is 5.66. The highest BCUT2D eigenvalue weighted by Crippen LogP contribution is 2.36. The lowest BCUT2D eigenvalue weighted by atomic mass is 9.98. The van der Waals surface area contributed by atoms with E-state index in [1.165, 1.54) is 12.0 Å². The van der Waals surface area contributed by atoms with Crippen LogP contribution in [-0.4, -0.2) is 24.6 Å². The molecule has 0 spiro atoms. The van der Waals surface area contributed by atoms with Gasteiger partial charge in [0, 0.05) is 11.4 Å². The number of esters is 1. The monoisotopic (exact) mass is 310 g/mol. The molecular formula is C18H18N2O3. The first-order chi connectivity index (χ1) is 11.0. The van der Waals surface area contributed by atoms with Gasteiger partial charge in [0.05, 0.1) is 12.7 Å². The predicted octanol–water partition coefficient (Wildman–Crippen LogP) is 2.96. The number of aryl methyl sites for hydroxylation is 1. The van der Waals surface area contributed by atoms with Gasteiger partial charge in [-0.2, -0.15) is 0 Å². The molecule has 3 rings (SSSR count). The van der Waals surface area contributed by atoms with Crippen LogP contribution in [0, 0.1) is 6.92 Å². The quantitative estimate of drug-likeness (QED) is 0.866. The molecule has 0 fully saturated rings. The van der Waals surface area contributed by atoms with Crippen LogP contribution in [0.1, 0.15) is 22.8 Å². The normalized spacial score (nSPS) is 19.8. The molecule has 0 unspecified atom stereocenters. The fraction of sp³-hybridized carbons (Fsp3) is 0.222. The summed E-state index contributed by atoms with van der Waals surface area (Å²) < 4.78 is 4.95. The number of carbonyl (C=O) groups excluding carboxylic acids is 2. The summed E-state index contributed by atoms with van der Waals surface area (Å²) >= 11 is 0. The fourth-order valence-electron chi connectivity index (χ4n) is 2.93. The van der Waals surface area contributed by atoms with E-state index in [4.69, 9.17) is 4.74 Å². The summed E-state index contributed by atoms with van der Waals surface area (Å²) in [6.07, 6.45) is 0. The number of ether oxygens (including phenoxy) is 1. The van der Waals surface area contributed by atoms with Gasteiger partial charge in [-0.25, -0.2) is 4.79 Å². The molecule has 0 saturated carbocycles. The number of amides is 1. The van der Waals surface area contributed by atoms with Crippen LogP contribution in [-0.2, 0) is 9.53 Å². The molecule has 1 N–H and O–H groups in total. The Bertz CT molecular complexity index is 787. The molecule has 118 valence electrons. The summed E-state index contributed by atoms with van der Waals surface area (Å²) in [6, 6.07) is 14.6. The lowest BCUT2D eigenvalue weighted by Crippen LogP contribution is -2.63. The molecule has 5 nitrogen and oxygen atoms in total. The first kappa shape index (κ1) is 15.1. The SMILES string of the molecule is COC(=O)[C@]1(C)Nc2ccccc2C(=O)N1c1ccccc1C. The number of nitrogens with one attached hydrogen (secondary N) is 1. The summed E-state index contributed by atoms with van der Waals surface area (Å²) in [5, 5.41) is 3.16. The third-order valence-electron chi connectivity index (χ3n) is 4.13. The van der Waals surface area contributed by atoms with Crippen LogP contribution in [0.15, 0.2) is 48.5 Å². The number of nitrogens with zero attached hydrogens (tertiary/aromatic N) is 1. The molecule has 2 aromatic rings. The van der Waals surface area contributed by atoms with Crippen molar-refractivity contribution < 1.29 is 14.3 Å². The molecule has 0 bridgehead atoms. The minimum atomic E-state index is -1.31. The maximum absolute atomic E-state index is 13.1. The smallest absolute Gasteiger partial charge is 0.352 e. The number of rotatable bonds is 2. The van der Waals surface area contributed by atoms with Crippen molar-refractivity contribution in [1.29, 1.82) is 0 Å². The van der Waals surface area contributed by atoms with Crippen molar-refractivity contribution in [3.8, 4) is 0 Å². The molecular weight excluding hydrogens is 292 g/mol. The van der Waals surface area contributed by atoms with Crippen LogP contribution < -0.4 is 10.2 Å². The molecule has 1 amide bonds. The molecule has 1 atom stereocenters. The second-order valence-corrected chi connectivity index (χ2v) is 5.66. The molecule has 0 radical (unpaired) electrons. The number of hydrogen-bond donors (Lipinski definition) is 1. The Balaban J connectivity index is 2.23. The fourth-order valence-corrected chi connectivity index (χ4v) is 2.93. The average Bonchev–Trinajstić information content (AvgIpc) is 2.55. The Labute approximate surface area is 134 Å². The van der Waals surface area contributed by atoms with E-state index < -0.39 is 11.6 Å². The molecule has 1 aliphatic rings. The Morgan fingerprint density at radius 1 is 1.13 bits per heavy atom. The summed E-state index contributed by atoms with van der Waals surface area (Å²) in [5.74, 6) is -0.759. The van der Waals surface area contributed by atoms with Crippen LogP contribution in [0.2, 0.25) is 0 Å². The zero-order valence-electron chi connectivity index (χ0n) is 13.3. The predicted molar refractivity (Wildman–Crippen MR) is 88.5 cm³/mol. The Morgan fingerprint density at radius 2 is 1.78 bits per heavy atom. The van der Waals surface area contributed by atoms with Gasteiger partial charge >= 0.3 is 5.97 Å². The first-order valence-electron chi connectivity index (χ1n) is 7.35. The second kappa shape index (κ2) is 5.43. The molecule has 2 aromatic carbocycles. The van der Waals surface area contributed by atoms with Gasteiger partial charge in [-0.1, -0.05) is 30.3 Å². The summed E-state index contributed by atoms with van der Waals surface area (Å²) in [7, 11) is 1.32.